The Morgan fingerprint density at radius 3 is 2.21 bits per heavy atom. The molecule has 0 atom stereocenters. The first-order valence-corrected chi connectivity index (χ1v) is 6.31. The predicted molar refractivity (Wildman–Crippen MR) is 73.5 cm³/mol. The first-order chi connectivity index (χ1) is 9.02. The van der Waals surface area contributed by atoms with E-state index in [2.05, 4.69) is 15.9 Å². The summed E-state index contributed by atoms with van der Waals surface area (Å²) < 4.78 is 0.229. The van der Waals surface area contributed by atoms with Crippen LogP contribution >= 0.6 is 15.9 Å². The second-order valence-corrected chi connectivity index (χ2v) is 5.05. The normalized spacial score (nSPS) is 13.1. The molecule has 0 spiro atoms. The molecule has 19 heavy (non-hydrogen) atoms. The van der Waals surface area contributed by atoms with E-state index < -0.39 is 0 Å². The SMILES string of the molecule is Nc1cc2c(c(O)c1Br)C(=O)c1ccccc1C2=O. The summed E-state index contributed by atoms with van der Waals surface area (Å²) in [5, 5.41) is 10.0. The van der Waals surface area contributed by atoms with Crippen LogP contribution in [0.15, 0.2) is 34.8 Å². The predicted octanol–water partition coefficient (Wildman–Crippen LogP) is 2.51. The van der Waals surface area contributed by atoms with Crippen LogP contribution in [0.1, 0.15) is 31.8 Å². The molecular formula is C14H8BrNO3. The number of benzene rings is 2. The summed E-state index contributed by atoms with van der Waals surface area (Å²) in [6.07, 6.45) is 0. The number of hydrogen-bond acceptors (Lipinski definition) is 4. The fourth-order valence-electron chi connectivity index (χ4n) is 2.23. The van der Waals surface area contributed by atoms with Crippen LogP contribution in [0.4, 0.5) is 5.69 Å². The third-order valence-electron chi connectivity index (χ3n) is 3.16. The van der Waals surface area contributed by atoms with Crippen LogP contribution < -0.4 is 5.73 Å². The zero-order chi connectivity index (χ0) is 13.7. The Labute approximate surface area is 117 Å². The van der Waals surface area contributed by atoms with Crippen LogP contribution in [0.5, 0.6) is 5.75 Å². The Hall–Kier alpha value is -2.14. The zero-order valence-electron chi connectivity index (χ0n) is 9.61. The number of phenolic OH excluding ortho intramolecular Hbond substituents is 1. The number of halogens is 1. The summed E-state index contributed by atoms with van der Waals surface area (Å²) in [5.41, 5.74) is 6.70. The Morgan fingerprint density at radius 1 is 1.00 bits per heavy atom. The van der Waals surface area contributed by atoms with Gasteiger partial charge < -0.3 is 10.8 Å². The van der Waals surface area contributed by atoms with E-state index in [0.717, 1.165) is 0 Å². The quantitative estimate of drug-likeness (QED) is 0.624. The van der Waals surface area contributed by atoms with Crippen LogP contribution in [-0.2, 0) is 0 Å². The van der Waals surface area contributed by atoms with Gasteiger partial charge in [0, 0.05) is 16.7 Å². The van der Waals surface area contributed by atoms with E-state index >= 15 is 0 Å². The lowest BCUT2D eigenvalue weighted by atomic mass is 9.83. The van der Waals surface area contributed by atoms with Gasteiger partial charge in [0.25, 0.3) is 0 Å². The monoisotopic (exact) mass is 317 g/mol. The third-order valence-corrected chi connectivity index (χ3v) is 3.99. The number of hydrogen-bond donors (Lipinski definition) is 2. The second kappa shape index (κ2) is 3.93. The first-order valence-electron chi connectivity index (χ1n) is 5.51. The minimum Gasteiger partial charge on any atom is -0.506 e. The third kappa shape index (κ3) is 1.51. The van der Waals surface area contributed by atoms with E-state index in [0.29, 0.717) is 11.1 Å². The van der Waals surface area contributed by atoms with Crippen LogP contribution in [-0.4, -0.2) is 16.7 Å². The first kappa shape index (κ1) is 11.9. The van der Waals surface area contributed by atoms with Gasteiger partial charge in [0.05, 0.1) is 15.7 Å². The van der Waals surface area contributed by atoms with Gasteiger partial charge in [-0.05, 0) is 22.0 Å². The maximum absolute atomic E-state index is 12.4. The minimum absolute atomic E-state index is 0.00442. The molecular weight excluding hydrogens is 310 g/mol. The molecule has 5 heteroatoms. The molecule has 1 aliphatic carbocycles. The topological polar surface area (TPSA) is 80.4 Å². The molecule has 0 heterocycles. The van der Waals surface area contributed by atoms with Gasteiger partial charge in [-0.2, -0.15) is 0 Å². The van der Waals surface area contributed by atoms with Gasteiger partial charge in [0.2, 0.25) is 0 Å². The highest BCUT2D eigenvalue weighted by molar-refractivity contribution is 9.10. The zero-order valence-corrected chi connectivity index (χ0v) is 11.2. The molecule has 3 N–H and O–H groups in total. The number of phenols is 1. The van der Waals surface area contributed by atoms with E-state index in [-0.39, 0.29) is 38.6 Å². The highest BCUT2D eigenvalue weighted by Gasteiger charge is 2.33. The number of anilines is 1. The van der Waals surface area contributed by atoms with Gasteiger partial charge in [-0.3, -0.25) is 9.59 Å². The van der Waals surface area contributed by atoms with Gasteiger partial charge in [0.15, 0.2) is 11.6 Å². The molecule has 0 saturated carbocycles. The van der Waals surface area contributed by atoms with Crippen molar-refractivity contribution in [3.63, 3.8) is 0 Å². The molecule has 0 fully saturated rings. The summed E-state index contributed by atoms with van der Waals surface area (Å²) in [5.74, 6) is -0.967. The smallest absolute Gasteiger partial charge is 0.198 e. The fraction of sp³-hybridized carbons (Fsp3) is 0. The molecule has 0 aromatic heterocycles. The molecule has 0 aliphatic heterocycles. The molecule has 2 aromatic rings. The Balaban J connectivity index is 2.40. The van der Waals surface area contributed by atoms with Crippen molar-refractivity contribution in [1.29, 1.82) is 0 Å². The number of nitrogens with two attached hydrogens (primary N) is 1. The summed E-state index contributed by atoms with van der Waals surface area (Å²) >= 11 is 3.11. The molecule has 0 saturated heterocycles. The Morgan fingerprint density at radius 2 is 1.58 bits per heavy atom. The van der Waals surface area contributed by atoms with Crippen molar-refractivity contribution >= 4 is 33.2 Å². The van der Waals surface area contributed by atoms with Crippen LogP contribution in [0, 0.1) is 0 Å². The van der Waals surface area contributed by atoms with Gasteiger partial charge in [-0.1, -0.05) is 24.3 Å². The molecule has 0 radical (unpaired) electrons. The van der Waals surface area contributed by atoms with Gasteiger partial charge in [0.1, 0.15) is 5.75 Å². The van der Waals surface area contributed by atoms with Crippen molar-refractivity contribution in [2.75, 3.05) is 5.73 Å². The van der Waals surface area contributed by atoms with E-state index in [9.17, 15) is 14.7 Å². The maximum atomic E-state index is 12.4. The van der Waals surface area contributed by atoms with Crippen LogP contribution in [0.2, 0.25) is 0 Å². The number of carbonyl (C=O) groups is 2. The highest BCUT2D eigenvalue weighted by Crippen LogP contribution is 2.40. The summed E-state index contributed by atoms with van der Waals surface area (Å²) in [7, 11) is 0. The molecule has 0 unspecified atom stereocenters. The molecule has 2 aromatic carbocycles. The lowest BCUT2D eigenvalue weighted by Crippen LogP contribution is -2.21. The van der Waals surface area contributed by atoms with Gasteiger partial charge >= 0.3 is 0 Å². The number of rotatable bonds is 0. The fourth-order valence-corrected chi connectivity index (χ4v) is 2.55. The van der Waals surface area contributed by atoms with Crippen molar-refractivity contribution in [2.24, 2.45) is 0 Å². The Kier molecular flexibility index (Phi) is 2.46. The van der Waals surface area contributed by atoms with Crippen molar-refractivity contribution < 1.29 is 14.7 Å². The molecule has 1 aliphatic rings. The summed E-state index contributed by atoms with van der Waals surface area (Å²) in [6, 6.07) is 7.95. The largest absolute Gasteiger partial charge is 0.506 e. The van der Waals surface area contributed by atoms with Crippen LogP contribution in [0.3, 0.4) is 0 Å². The average Bonchev–Trinajstić information content (AvgIpc) is 2.42. The molecule has 0 amide bonds. The molecule has 4 nitrogen and oxygen atoms in total. The highest BCUT2D eigenvalue weighted by atomic mass is 79.9. The summed E-state index contributed by atoms with van der Waals surface area (Å²) in [4.78, 5) is 24.7. The standard InChI is InChI=1S/C14H8BrNO3/c15-11-9(16)5-8-10(14(11)19)13(18)7-4-2-1-3-6(7)12(8)17/h1-5,19H,16H2. The van der Waals surface area contributed by atoms with E-state index in [1.54, 1.807) is 24.3 Å². The number of aromatic hydroxyl groups is 1. The number of carbonyl (C=O) groups excluding carboxylic acids is 2. The van der Waals surface area contributed by atoms with Crippen molar-refractivity contribution in [1.82, 2.24) is 0 Å². The van der Waals surface area contributed by atoms with Gasteiger partial charge in [-0.25, -0.2) is 0 Å². The average molecular weight is 318 g/mol. The maximum Gasteiger partial charge on any atom is 0.198 e. The molecule has 94 valence electrons. The molecule has 3 rings (SSSR count). The van der Waals surface area contributed by atoms with Crippen molar-refractivity contribution in [2.45, 2.75) is 0 Å². The number of nitrogen functional groups attached to an aromatic ring is 1. The van der Waals surface area contributed by atoms with Gasteiger partial charge in [-0.15, -0.1) is 0 Å². The van der Waals surface area contributed by atoms with Crippen LogP contribution in [0.25, 0.3) is 0 Å². The Bertz CT molecular complexity index is 753. The lowest BCUT2D eigenvalue weighted by molar-refractivity contribution is 0.0976. The minimum atomic E-state index is -0.372. The van der Waals surface area contributed by atoms with Crippen molar-refractivity contribution in [3.8, 4) is 5.75 Å². The van der Waals surface area contributed by atoms with E-state index in [1.807, 2.05) is 0 Å². The summed E-state index contributed by atoms with van der Waals surface area (Å²) in [6.45, 7) is 0. The number of ketones is 2. The number of fused-ring (bicyclic) bond motifs is 2. The van der Waals surface area contributed by atoms with Crippen molar-refractivity contribution in [3.05, 3.63) is 57.1 Å². The second-order valence-electron chi connectivity index (χ2n) is 4.25. The van der Waals surface area contributed by atoms with E-state index in [1.165, 1.54) is 6.07 Å². The molecule has 0 bridgehead atoms. The lowest BCUT2D eigenvalue weighted by Gasteiger charge is -2.19. The van der Waals surface area contributed by atoms with E-state index in [4.69, 9.17) is 5.73 Å².